The summed E-state index contributed by atoms with van der Waals surface area (Å²) in [6.45, 7) is 4.63. The number of phenols is 1. The normalized spacial score (nSPS) is 11.5. The zero-order valence-electron chi connectivity index (χ0n) is 12.6. The second-order valence-electron chi connectivity index (χ2n) is 4.73. The molecule has 0 aliphatic carbocycles. The third-order valence-electron chi connectivity index (χ3n) is 2.99. The summed E-state index contributed by atoms with van der Waals surface area (Å²) < 4.78 is 5.37. The molecule has 1 aromatic carbocycles. The van der Waals surface area contributed by atoms with Crippen LogP contribution < -0.4 is 4.74 Å². The van der Waals surface area contributed by atoms with Crippen LogP contribution in [0.25, 0.3) is 6.08 Å². The molecular formula is C18H26O2. The molecule has 0 heterocycles. The van der Waals surface area contributed by atoms with Gasteiger partial charge >= 0.3 is 0 Å². The highest BCUT2D eigenvalue weighted by Gasteiger charge is 2.01. The lowest BCUT2D eigenvalue weighted by atomic mass is 10.1. The van der Waals surface area contributed by atoms with Gasteiger partial charge in [0.15, 0.2) is 11.5 Å². The largest absolute Gasteiger partial charge is 0.504 e. The molecule has 0 saturated heterocycles. The summed E-state index contributed by atoms with van der Waals surface area (Å²) in [6.07, 6.45) is 14.6. The summed E-state index contributed by atoms with van der Waals surface area (Å²) in [5, 5.41) is 9.62. The maximum absolute atomic E-state index is 9.62. The molecule has 0 radical (unpaired) electrons. The number of phenolic OH excluding ortho intramolecular Hbond substituents is 1. The van der Waals surface area contributed by atoms with E-state index in [2.05, 4.69) is 31.2 Å². The van der Waals surface area contributed by atoms with E-state index in [1.54, 1.807) is 6.07 Å². The molecule has 0 aliphatic heterocycles. The van der Waals surface area contributed by atoms with Crippen molar-refractivity contribution in [1.82, 2.24) is 0 Å². The van der Waals surface area contributed by atoms with Crippen LogP contribution >= 0.6 is 0 Å². The first-order valence-corrected chi connectivity index (χ1v) is 7.55. The van der Waals surface area contributed by atoms with Crippen molar-refractivity contribution < 1.29 is 9.84 Å². The fraction of sp³-hybridized carbons (Fsp3) is 0.444. The van der Waals surface area contributed by atoms with Gasteiger partial charge in [-0.05, 0) is 56.7 Å². The second kappa shape index (κ2) is 10.1. The molecule has 110 valence electrons. The Morgan fingerprint density at radius 1 is 1.05 bits per heavy atom. The summed E-state index contributed by atoms with van der Waals surface area (Å²) in [6, 6.07) is 5.46. The number of hydrogen-bond acceptors (Lipinski definition) is 2. The second-order valence-corrected chi connectivity index (χ2v) is 4.73. The molecule has 1 N–H and O–H groups in total. The van der Waals surface area contributed by atoms with E-state index in [0.29, 0.717) is 12.4 Å². The fourth-order valence-electron chi connectivity index (χ4n) is 1.93. The number of rotatable bonds is 9. The minimum absolute atomic E-state index is 0.201. The van der Waals surface area contributed by atoms with Gasteiger partial charge in [0.05, 0.1) is 6.61 Å². The highest BCUT2D eigenvalue weighted by molar-refractivity contribution is 5.55. The molecule has 0 spiro atoms. The maximum atomic E-state index is 9.62. The Morgan fingerprint density at radius 2 is 1.80 bits per heavy atom. The summed E-state index contributed by atoms with van der Waals surface area (Å²) in [7, 11) is 0. The van der Waals surface area contributed by atoms with Gasteiger partial charge in [-0.1, -0.05) is 37.3 Å². The lowest BCUT2D eigenvalue weighted by Gasteiger charge is -2.06. The van der Waals surface area contributed by atoms with E-state index in [-0.39, 0.29) is 5.75 Å². The lowest BCUT2D eigenvalue weighted by Crippen LogP contribution is -1.91. The summed E-state index contributed by atoms with van der Waals surface area (Å²) in [5.41, 5.74) is 1.07. The Morgan fingerprint density at radius 3 is 2.50 bits per heavy atom. The van der Waals surface area contributed by atoms with Gasteiger partial charge < -0.3 is 9.84 Å². The minimum atomic E-state index is 0.201. The SMILES string of the molecule is CCC=CCCCCC=Cc1ccc(O)c(OCC)c1. The van der Waals surface area contributed by atoms with Crippen LogP contribution in [0.3, 0.4) is 0 Å². The minimum Gasteiger partial charge on any atom is -0.504 e. The number of aromatic hydroxyl groups is 1. The van der Waals surface area contributed by atoms with Crippen molar-refractivity contribution in [3.8, 4) is 11.5 Å². The first-order chi connectivity index (χ1) is 9.77. The smallest absolute Gasteiger partial charge is 0.161 e. The molecule has 0 bridgehead atoms. The van der Waals surface area contributed by atoms with Gasteiger partial charge in [-0.3, -0.25) is 0 Å². The molecule has 1 aromatic rings. The van der Waals surface area contributed by atoms with E-state index in [4.69, 9.17) is 4.74 Å². The van der Waals surface area contributed by atoms with E-state index < -0.39 is 0 Å². The Hall–Kier alpha value is -1.70. The van der Waals surface area contributed by atoms with Gasteiger partial charge in [0.2, 0.25) is 0 Å². The molecule has 2 nitrogen and oxygen atoms in total. The van der Waals surface area contributed by atoms with Gasteiger partial charge in [-0.15, -0.1) is 0 Å². The Kier molecular flexibility index (Phi) is 8.28. The topological polar surface area (TPSA) is 29.5 Å². The standard InChI is InChI=1S/C18H26O2/c1-3-5-6-7-8-9-10-11-12-16-13-14-17(19)18(15-16)20-4-2/h5-6,11-15,19H,3-4,7-10H2,1-2H3. The molecule has 0 atom stereocenters. The van der Waals surface area contributed by atoms with Crippen LogP contribution in [-0.2, 0) is 0 Å². The number of ether oxygens (including phenoxy) is 1. The molecule has 0 aromatic heterocycles. The highest BCUT2D eigenvalue weighted by Crippen LogP contribution is 2.27. The summed E-state index contributed by atoms with van der Waals surface area (Å²) in [5.74, 6) is 0.756. The Labute approximate surface area is 122 Å². The third-order valence-corrected chi connectivity index (χ3v) is 2.99. The average molecular weight is 274 g/mol. The zero-order chi connectivity index (χ0) is 14.6. The third kappa shape index (κ3) is 6.46. The quantitative estimate of drug-likeness (QED) is 0.487. The van der Waals surface area contributed by atoms with Crippen molar-refractivity contribution >= 4 is 6.08 Å². The lowest BCUT2D eigenvalue weighted by molar-refractivity contribution is 0.318. The van der Waals surface area contributed by atoms with Crippen molar-refractivity contribution in [2.75, 3.05) is 6.61 Å². The number of hydrogen-bond donors (Lipinski definition) is 1. The van der Waals surface area contributed by atoms with Crippen LogP contribution in [0.2, 0.25) is 0 Å². The summed E-state index contributed by atoms with van der Waals surface area (Å²) in [4.78, 5) is 0. The van der Waals surface area contributed by atoms with E-state index in [0.717, 1.165) is 18.4 Å². The van der Waals surface area contributed by atoms with Gasteiger partial charge in [0.25, 0.3) is 0 Å². The molecule has 20 heavy (non-hydrogen) atoms. The predicted octanol–water partition coefficient (Wildman–Crippen LogP) is 5.33. The van der Waals surface area contributed by atoms with Crippen LogP contribution in [0.5, 0.6) is 11.5 Å². The molecule has 0 unspecified atom stereocenters. The van der Waals surface area contributed by atoms with Gasteiger partial charge in [0, 0.05) is 0 Å². The molecule has 0 aliphatic rings. The first-order valence-electron chi connectivity index (χ1n) is 7.55. The van der Waals surface area contributed by atoms with E-state index in [1.807, 2.05) is 19.1 Å². The average Bonchev–Trinajstić information content (AvgIpc) is 2.45. The van der Waals surface area contributed by atoms with Crippen molar-refractivity contribution in [3.05, 3.63) is 42.0 Å². The molecule has 0 amide bonds. The summed E-state index contributed by atoms with van der Waals surface area (Å²) >= 11 is 0. The van der Waals surface area contributed by atoms with Crippen LogP contribution in [-0.4, -0.2) is 11.7 Å². The molecule has 0 saturated carbocycles. The Bertz CT molecular complexity index is 433. The molecule has 2 heteroatoms. The fourth-order valence-corrected chi connectivity index (χ4v) is 1.93. The number of benzene rings is 1. The van der Waals surface area contributed by atoms with Crippen molar-refractivity contribution in [2.45, 2.75) is 46.0 Å². The van der Waals surface area contributed by atoms with Crippen LogP contribution in [0.4, 0.5) is 0 Å². The van der Waals surface area contributed by atoms with Crippen LogP contribution in [0, 0.1) is 0 Å². The van der Waals surface area contributed by atoms with Crippen molar-refractivity contribution in [1.29, 1.82) is 0 Å². The zero-order valence-corrected chi connectivity index (χ0v) is 12.6. The van der Waals surface area contributed by atoms with Crippen molar-refractivity contribution in [2.24, 2.45) is 0 Å². The predicted molar refractivity (Wildman–Crippen MR) is 86.2 cm³/mol. The van der Waals surface area contributed by atoms with Crippen molar-refractivity contribution in [3.63, 3.8) is 0 Å². The van der Waals surface area contributed by atoms with E-state index >= 15 is 0 Å². The van der Waals surface area contributed by atoms with E-state index in [9.17, 15) is 5.11 Å². The molecule has 0 fully saturated rings. The van der Waals surface area contributed by atoms with Crippen LogP contribution in [0.15, 0.2) is 36.4 Å². The van der Waals surface area contributed by atoms with Gasteiger partial charge in [-0.2, -0.15) is 0 Å². The Balaban J connectivity index is 2.34. The van der Waals surface area contributed by atoms with E-state index in [1.165, 1.54) is 19.3 Å². The monoisotopic (exact) mass is 274 g/mol. The van der Waals surface area contributed by atoms with Gasteiger partial charge in [0.1, 0.15) is 0 Å². The molecular weight excluding hydrogens is 248 g/mol. The molecule has 1 rings (SSSR count). The number of allylic oxidation sites excluding steroid dienone is 3. The maximum Gasteiger partial charge on any atom is 0.161 e. The first kappa shape index (κ1) is 16.4. The van der Waals surface area contributed by atoms with Gasteiger partial charge in [-0.25, -0.2) is 0 Å². The van der Waals surface area contributed by atoms with Crippen LogP contribution in [0.1, 0.15) is 51.5 Å². The number of unbranched alkanes of at least 4 members (excludes halogenated alkanes) is 3. The highest BCUT2D eigenvalue weighted by atomic mass is 16.5.